The van der Waals surface area contributed by atoms with Crippen LogP contribution in [0.5, 0.6) is 0 Å². The van der Waals surface area contributed by atoms with Crippen LogP contribution in [0.4, 0.5) is 4.79 Å². The molecule has 6 heteroatoms. The number of aliphatic carboxylic acids is 1. The quantitative estimate of drug-likeness (QED) is 0.853. The van der Waals surface area contributed by atoms with Crippen LogP contribution in [-0.2, 0) is 4.79 Å². The van der Waals surface area contributed by atoms with Gasteiger partial charge in [-0.1, -0.05) is 6.92 Å². The summed E-state index contributed by atoms with van der Waals surface area (Å²) in [5.74, 6) is -0.654. The van der Waals surface area contributed by atoms with E-state index in [1.54, 1.807) is 0 Å². The van der Waals surface area contributed by atoms with Crippen molar-refractivity contribution in [1.82, 2.24) is 14.7 Å². The minimum atomic E-state index is -0.767. The molecule has 120 valence electrons. The Morgan fingerprint density at radius 2 is 1.95 bits per heavy atom. The summed E-state index contributed by atoms with van der Waals surface area (Å²) < 4.78 is 0. The monoisotopic (exact) mass is 297 g/mol. The molecule has 1 N–H and O–H groups in total. The highest BCUT2D eigenvalue weighted by Crippen LogP contribution is 2.23. The van der Waals surface area contributed by atoms with Gasteiger partial charge in [0.25, 0.3) is 0 Å². The first-order chi connectivity index (χ1) is 10.0. The van der Waals surface area contributed by atoms with Crippen molar-refractivity contribution in [2.75, 3.05) is 39.8 Å². The summed E-state index contributed by atoms with van der Waals surface area (Å²) in [6, 6.07) is 0.369. The Hall–Kier alpha value is -1.30. The number of carboxylic acid groups (broad SMARTS) is 1. The van der Waals surface area contributed by atoms with E-state index in [2.05, 4.69) is 18.9 Å². The first kappa shape index (κ1) is 16.1. The van der Waals surface area contributed by atoms with E-state index >= 15 is 0 Å². The van der Waals surface area contributed by atoms with Gasteiger partial charge >= 0.3 is 12.0 Å². The van der Waals surface area contributed by atoms with Crippen LogP contribution in [0.2, 0.25) is 0 Å². The molecule has 21 heavy (non-hydrogen) atoms. The van der Waals surface area contributed by atoms with Gasteiger partial charge in [0, 0.05) is 38.6 Å². The molecule has 2 aliphatic heterocycles. The lowest BCUT2D eigenvalue weighted by molar-refractivity contribution is -0.138. The number of hydrogen-bond donors (Lipinski definition) is 1. The van der Waals surface area contributed by atoms with Crippen LogP contribution in [0.15, 0.2) is 0 Å². The van der Waals surface area contributed by atoms with Crippen LogP contribution in [0.3, 0.4) is 0 Å². The topological polar surface area (TPSA) is 64.1 Å². The van der Waals surface area contributed by atoms with E-state index in [9.17, 15) is 9.59 Å². The predicted octanol–water partition coefficient (Wildman–Crippen LogP) is 1.32. The Bertz CT molecular complexity index is 388. The fourth-order valence-corrected chi connectivity index (χ4v) is 3.45. The van der Waals surface area contributed by atoms with Gasteiger partial charge in [0.2, 0.25) is 0 Å². The fraction of sp³-hybridized carbons (Fsp3) is 0.867. The van der Waals surface area contributed by atoms with Crippen LogP contribution in [0, 0.1) is 5.92 Å². The Morgan fingerprint density at radius 1 is 1.19 bits per heavy atom. The Labute approximate surface area is 126 Å². The lowest BCUT2D eigenvalue weighted by atomic mass is 10.1. The minimum Gasteiger partial charge on any atom is -0.481 e. The molecule has 2 aliphatic rings. The van der Waals surface area contributed by atoms with E-state index in [0.29, 0.717) is 13.1 Å². The van der Waals surface area contributed by atoms with Crippen molar-refractivity contribution in [2.24, 2.45) is 5.92 Å². The summed E-state index contributed by atoms with van der Waals surface area (Å²) in [5.41, 5.74) is 0. The van der Waals surface area contributed by atoms with E-state index in [1.807, 2.05) is 9.80 Å². The molecule has 2 saturated heterocycles. The van der Waals surface area contributed by atoms with Crippen LogP contribution in [0.1, 0.15) is 32.6 Å². The molecule has 2 fully saturated rings. The maximum absolute atomic E-state index is 12.7. The van der Waals surface area contributed by atoms with Crippen LogP contribution in [-0.4, -0.2) is 77.6 Å². The van der Waals surface area contributed by atoms with Gasteiger partial charge in [0.15, 0.2) is 0 Å². The molecule has 0 aromatic carbocycles. The summed E-state index contributed by atoms with van der Waals surface area (Å²) >= 11 is 0. The highest BCUT2D eigenvalue weighted by molar-refractivity contribution is 5.75. The Morgan fingerprint density at radius 3 is 2.62 bits per heavy atom. The van der Waals surface area contributed by atoms with Crippen LogP contribution >= 0.6 is 0 Å². The lowest BCUT2D eigenvalue weighted by Gasteiger charge is -2.33. The first-order valence-electron chi connectivity index (χ1n) is 7.97. The smallest absolute Gasteiger partial charge is 0.320 e. The standard InChI is InChI=1S/C15H27N3O3/c1-3-13-11-16(2)6-4-7-18(13)15(21)17-8-5-12(10-17)9-14(19)20/h12-13H,3-11H2,1-2H3,(H,19,20). The second kappa shape index (κ2) is 7.11. The number of carbonyl (C=O) groups excluding carboxylic acids is 1. The van der Waals surface area contributed by atoms with E-state index in [1.165, 1.54) is 0 Å². The minimum absolute atomic E-state index is 0.102. The molecule has 2 unspecified atom stereocenters. The number of carboxylic acids is 1. The van der Waals surface area contributed by atoms with Gasteiger partial charge in [0.05, 0.1) is 0 Å². The average Bonchev–Trinajstić information content (AvgIpc) is 2.79. The second-order valence-corrected chi connectivity index (χ2v) is 6.35. The highest BCUT2D eigenvalue weighted by atomic mass is 16.4. The molecule has 0 bridgehead atoms. The average molecular weight is 297 g/mol. The molecule has 0 saturated carbocycles. The zero-order chi connectivity index (χ0) is 15.4. The number of urea groups is 1. The molecule has 2 amide bonds. The molecule has 0 aromatic heterocycles. The Kier molecular flexibility index (Phi) is 5.45. The number of carbonyl (C=O) groups is 2. The van der Waals surface area contributed by atoms with E-state index < -0.39 is 5.97 Å². The van der Waals surface area contributed by atoms with E-state index in [4.69, 9.17) is 5.11 Å². The summed E-state index contributed by atoms with van der Waals surface area (Å²) in [7, 11) is 2.11. The molecule has 2 atom stereocenters. The summed E-state index contributed by atoms with van der Waals surface area (Å²) in [4.78, 5) is 29.7. The molecule has 0 radical (unpaired) electrons. The van der Waals surface area contributed by atoms with Crippen LogP contribution < -0.4 is 0 Å². The van der Waals surface area contributed by atoms with Gasteiger partial charge in [-0.15, -0.1) is 0 Å². The molecule has 0 spiro atoms. The zero-order valence-corrected chi connectivity index (χ0v) is 13.1. The summed E-state index contributed by atoms with van der Waals surface area (Å²) in [5, 5.41) is 8.87. The molecular formula is C15H27N3O3. The predicted molar refractivity (Wildman–Crippen MR) is 80.2 cm³/mol. The van der Waals surface area contributed by atoms with Crippen molar-refractivity contribution in [1.29, 1.82) is 0 Å². The summed E-state index contributed by atoms with van der Waals surface area (Å²) in [6.45, 7) is 6.17. The van der Waals surface area contributed by atoms with Gasteiger partial charge < -0.3 is 19.8 Å². The second-order valence-electron chi connectivity index (χ2n) is 6.35. The van der Waals surface area contributed by atoms with Crippen molar-refractivity contribution < 1.29 is 14.7 Å². The van der Waals surface area contributed by atoms with E-state index in [0.717, 1.165) is 38.9 Å². The molecule has 6 nitrogen and oxygen atoms in total. The van der Waals surface area contributed by atoms with Crippen molar-refractivity contribution in [3.05, 3.63) is 0 Å². The molecule has 0 aromatic rings. The van der Waals surface area contributed by atoms with Crippen molar-refractivity contribution in [3.63, 3.8) is 0 Å². The number of rotatable bonds is 3. The SMILES string of the molecule is CCC1CN(C)CCCN1C(=O)N1CCC(CC(=O)O)C1. The number of nitrogens with zero attached hydrogens (tertiary/aromatic N) is 3. The van der Waals surface area contributed by atoms with Gasteiger partial charge in [0.1, 0.15) is 0 Å². The van der Waals surface area contributed by atoms with Crippen molar-refractivity contribution in [3.8, 4) is 0 Å². The van der Waals surface area contributed by atoms with Gasteiger partial charge in [-0.05, 0) is 38.8 Å². The number of amides is 2. The van der Waals surface area contributed by atoms with Crippen molar-refractivity contribution in [2.45, 2.75) is 38.6 Å². The lowest BCUT2D eigenvalue weighted by Crippen LogP contribution is -2.49. The fourth-order valence-electron chi connectivity index (χ4n) is 3.45. The first-order valence-corrected chi connectivity index (χ1v) is 7.97. The Balaban J connectivity index is 1.96. The third kappa shape index (κ3) is 4.09. The van der Waals surface area contributed by atoms with Crippen LogP contribution in [0.25, 0.3) is 0 Å². The van der Waals surface area contributed by atoms with E-state index in [-0.39, 0.29) is 24.4 Å². The molecule has 2 heterocycles. The largest absolute Gasteiger partial charge is 0.481 e. The number of hydrogen-bond acceptors (Lipinski definition) is 3. The molecule has 2 rings (SSSR count). The normalized spacial score (nSPS) is 27.7. The highest BCUT2D eigenvalue weighted by Gasteiger charge is 2.33. The third-order valence-electron chi connectivity index (χ3n) is 4.64. The maximum Gasteiger partial charge on any atom is 0.320 e. The van der Waals surface area contributed by atoms with Gasteiger partial charge in [-0.3, -0.25) is 4.79 Å². The number of likely N-dealkylation sites (tertiary alicyclic amines) is 1. The third-order valence-corrected chi connectivity index (χ3v) is 4.64. The molecule has 0 aliphatic carbocycles. The van der Waals surface area contributed by atoms with Gasteiger partial charge in [-0.25, -0.2) is 4.79 Å². The molecular weight excluding hydrogens is 270 g/mol. The zero-order valence-electron chi connectivity index (χ0n) is 13.1. The summed E-state index contributed by atoms with van der Waals surface area (Å²) in [6.07, 6.45) is 2.94. The number of likely N-dealkylation sites (N-methyl/N-ethyl adjacent to an activating group) is 1. The van der Waals surface area contributed by atoms with Gasteiger partial charge in [-0.2, -0.15) is 0 Å². The van der Waals surface area contributed by atoms with Crippen molar-refractivity contribution >= 4 is 12.0 Å². The maximum atomic E-state index is 12.7.